The quantitative estimate of drug-likeness (QED) is 0.907. The Bertz CT molecular complexity index is 640. The van der Waals surface area contributed by atoms with Gasteiger partial charge in [0.2, 0.25) is 11.8 Å². The molecule has 0 unspecified atom stereocenters. The van der Waals surface area contributed by atoms with Crippen LogP contribution in [-0.2, 0) is 9.59 Å². The van der Waals surface area contributed by atoms with Gasteiger partial charge in [0.1, 0.15) is 0 Å². The van der Waals surface area contributed by atoms with Crippen LogP contribution >= 0.6 is 0 Å². The third-order valence-corrected chi connectivity index (χ3v) is 4.26. The topological polar surface area (TPSA) is 58.6 Å². The van der Waals surface area contributed by atoms with E-state index in [2.05, 4.69) is 10.1 Å². The van der Waals surface area contributed by atoms with Gasteiger partial charge < -0.3 is 15.0 Å². The predicted octanol–water partition coefficient (Wildman–Crippen LogP) is 3.20. The summed E-state index contributed by atoms with van der Waals surface area (Å²) in [5.74, 6) is -2.76. The first-order valence-corrected chi connectivity index (χ1v) is 8.26. The molecule has 1 aliphatic rings. The van der Waals surface area contributed by atoms with Crippen LogP contribution in [0.15, 0.2) is 12.1 Å². The van der Waals surface area contributed by atoms with E-state index in [0.29, 0.717) is 25.9 Å². The standard InChI is InChI=1S/C18H24F2N2O3/c1-18(2,3)17(24)22-7-5-11(6-8-22)16(23)21-12-9-13(19)15(25-4)14(20)10-12/h9-11H,5-8H2,1-4H3,(H,21,23). The lowest BCUT2D eigenvalue weighted by Gasteiger charge is -2.35. The Hall–Kier alpha value is -2.18. The fourth-order valence-electron chi connectivity index (χ4n) is 2.89. The number of halogens is 2. The molecule has 0 bridgehead atoms. The van der Waals surface area contributed by atoms with Crippen molar-refractivity contribution >= 4 is 17.5 Å². The van der Waals surface area contributed by atoms with E-state index in [0.717, 1.165) is 12.1 Å². The summed E-state index contributed by atoms with van der Waals surface area (Å²) in [7, 11) is 1.17. The van der Waals surface area contributed by atoms with Gasteiger partial charge in [-0.05, 0) is 12.8 Å². The van der Waals surface area contributed by atoms with Crippen LogP contribution in [0, 0.1) is 23.0 Å². The number of hydrogen-bond acceptors (Lipinski definition) is 3. The summed E-state index contributed by atoms with van der Waals surface area (Å²) < 4.78 is 32.0. The molecule has 1 aliphatic heterocycles. The van der Waals surface area contributed by atoms with Crippen LogP contribution in [0.1, 0.15) is 33.6 Å². The Kier molecular flexibility index (Phi) is 5.65. The lowest BCUT2D eigenvalue weighted by atomic mass is 9.90. The second-order valence-corrected chi connectivity index (χ2v) is 7.28. The fraction of sp³-hybridized carbons (Fsp3) is 0.556. The molecule has 0 atom stereocenters. The zero-order chi connectivity index (χ0) is 18.8. The summed E-state index contributed by atoms with van der Waals surface area (Å²) in [5, 5.41) is 2.54. The van der Waals surface area contributed by atoms with Crippen molar-refractivity contribution in [3.8, 4) is 5.75 Å². The minimum Gasteiger partial charge on any atom is -0.491 e. The summed E-state index contributed by atoms with van der Waals surface area (Å²) in [6, 6.07) is 2.05. The molecule has 0 spiro atoms. The van der Waals surface area contributed by atoms with Crippen LogP contribution in [-0.4, -0.2) is 36.9 Å². The van der Waals surface area contributed by atoms with Crippen molar-refractivity contribution in [2.75, 3.05) is 25.5 Å². The summed E-state index contributed by atoms with van der Waals surface area (Å²) in [6.45, 7) is 6.59. The highest BCUT2D eigenvalue weighted by molar-refractivity contribution is 5.93. The number of carbonyl (C=O) groups is 2. The Labute approximate surface area is 146 Å². The molecule has 1 N–H and O–H groups in total. The molecule has 25 heavy (non-hydrogen) atoms. The Morgan fingerprint density at radius 1 is 1.16 bits per heavy atom. The SMILES string of the molecule is COc1c(F)cc(NC(=O)C2CCN(C(=O)C(C)(C)C)CC2)cc1F. The zero-order valence-corrected chi connectivity index (χ0v) is 15.0. The van der Waals surface area contributed by atoms with Crippen molar-refractivity contribution in [2.24, 2.45) is 11.3 Å². The fourth-order valence-corrected chi connectivity index (χ4v) is 2.89. The minimum atomic E-state index is -0.872. The Balaban J connectivity index is 1.96. The number of methoxy groups -OCH3 is 1. The second-order valence-electron chi connectivity index (χ2n) is 7.28. The van der Waals surface area contributed by atoms with Crippen molar-refractivity contribution in [3.63, 3.8) is 0 Å². The Morgan fingerprint density at radius 2 is 1.68 bits per heavy atom. The first-order valence-electron chi connectivity index (χ1n) is 8.26. The van der Waals surface area contributed by atoms with Crippen LogP contribution in [0.4, 0.5) is 14.5 Å². The smallest absolute Gasteiger partial charge is 0.227 e. The maximum Gasteiger partial charge on any atom is 0.227 e. The van der Waals surface area contributed by atoms with E-state index in [1.807, 2.05) is 20.8 Å². The summed E-state index contributed by atoms with van der Waals surface area (Å²) in [5.41, 5.74) is -0.401. The number of rotatable bonds is 3. The highest BCUT2D eigenvalue weighted by Gasteiger charge is 2.32. The van der Waals surface area contributed by atoms with Crippen molar-refractivity contribution in [1.29, 1.82) is 0 Å². The van der Waals surface area contributed by atoms with Gasteiger partial charge in [0.25, 0.3) is 0 Å². The molecule has 0 radical (unpaired) electrons. The molecule has 2 rings (SSSR count). The van der Waals surface area contributed by atoms with Crippen LogP contribution in [0.25, 0.3) is 0 Å². The van der Waals surface area contributed by atoms with Gasteiger partial charge in [-0.2, -0.15) is 0 Å². The summed E-state index contributed by atoms with van der Waals surface area (Å²) in [4.78, 5) is 26.3. The second kappa shape index (κ2) is 7.37. The molecule has 138 valence electrons. The average molecular weight is 354 g/mol. The predicted molar refractivity (Wildman–Crippen MR) is 90.3 cm³/mol. The molecular weight excluding hydrogens is 330 g/mol. The third-order valence-electron chi connectivity index (χ3n) is 4.26. The van der Waals surface area contributed by atoms with Crippen LogP contribution < -0.4 is 10.1 Å². The van der Waals surface area contributed by atoms with Crippen molar-refractivity contribution in [3.05, 3.63) is 23.8 Å². The van der Waals surface area contributed by atoms with Gasteiger partial charge in [-0.3, -0.25) is 9.59 Å². The van der Waals surface area contributed by atoms with Crippen molar-refractivity contribution in [2.45, 2.75) is 33.6 Å². The van der Waals surface area contributed by atoms with Crippen LogP contribution in [0.5, 0.6) is 5.75 Å². The number of benzene rings is 1. The molecular formula is C18H24F2N2O3. The molecule has 7 heteroatoms. The summed E-state index contributed by atoms with van der Waals surface area (Å²) >= 11 is 0. The first-order chi connectivity index (χ1) is 11.6. The van der Waals surface area contributed by atoms with Gasteiger partial charge in [-0.15, -0.1) is 0 Å². The third kappa shape index (κ3) is 4.46. The molecule has 0 aliphatic carbocycles. The van der Waals surface area contributed by atoms with Crippen LogP contribution in [0.3, 0.4) is 0 Å². The summed E-state index contributed by atoms with van der Waals surface area (Å²) in [6.07, 6.45) is 1.05. The molecule has 0 aromatic heterocycles. The molecule has 0 saturated carbocycles. The molecule has 1 heterocycles. The van der Waals surface area contributed by atoms with Gasteiger partial charge in [0.05, 0.1) is 7.11 Å². The highest BCUT2D eigenvalue weighted by atomic mass is 19.1. The molecule has 5 nitrogen and oxygen atoms in total. The first kappa shape index (κ1) is 19.1. The number of anilines is 1. The molecule has 1 aromatic rings. The number of hydrogen-bond donors (Lipinski definition) is 1. The number of amides is 2. The number of piperidine rings is 1. The average Bonchev–Trinajstić information content (AvgIpc) is 2.53. The van der Waals surface area contributed by atoms with E-state index in [9.17, 15) is 18.4 Å². The molecule has 1 aromatic carbocycles. The molecule has 1 fully saturated rings. The van der Waals surface area contributed by atoms with Crippen molar-refractivity contribution < 1.29 is 23.1 Å². The normalized spacial score (nSPS) is 15.8. The minimum absolute atomic E-state index is 0.0500. The van der Waals surface area contributed by atoms with E-state index in [4.69, 9.17) is 0 Å². The maximum atomic E-state index is 13.7. The molecule has 1 saturated heterocycles. The van der Waals surface area contributed by atoms with Gasteiger partial charge in [0.15, 0.2) is 17.4 Å². The van der Waals surface area contributed by atoms with E-state index in [-0.39, 0.29) is 23.4 Å². The number of carbonyl (C=O) groups excluding carboxylic acids is 2. The van der Waals surface area contributed by atoms with E-state index < -0.39 is 22.8 Å². The lowest BCUT2D eigenvalue weighted by Crippen LogP contribution is -2.45. The number of ether oxygens (including phenoxy) is 1. The Morgan fingerprint density at radius 3 is 2.12 bits per heavy atom. The van der Waals surface area contributed by atoms with Gasteiger partial charge in [-0.1, -0.05) is 20.8 Å². The number of likely N-dealkylation sites (tertiary alicyclic amines) is 1. The highest BCUT2D eigenvalue weighted by Crippen LogP contribution is 2.27. The van der Waals surface area contributed by atoms with Gasteiger partial charge >= 0.3 is 0 Å². The van der Waals surface area contributed by atoms with Gasteiger partial charge in [-0.25, -0.2) is 8.78 Å². The largest absolute Gasteiger partial charge is 0.491 e. The van der Waals surface area contributed by atoms with E-state index >= 15 is 0 Å². The molecule has 2 amide bonds. The zero-order valence-electron chi connectivity index (χ0n) is 15.0. The lowest BCUT2D eigenvalue weighted by molar-refractivity contribution is -0.142. The van der Waals surface area contributed by atoms with Crippen molar-refractivity contribution in [1.82, 2.24) is 4.90 Å². The number of nitrogens with zero attached hydrogens (tertiary/aromatic N) is 1. The number of nitrogens with one attached hydrogen (secondary N) is 1. The monoisotopic (exact) mass is 354 g/mol. The maximum absolute atomic E-state index is 13.7. The van der Waals surface area contributed by atoms with Crippen LogP contribution in [0.2, 0.25) is 0 Å². The van der Waals surface area contributed by atoms with Gasteiger partial charge in [0, 0.05) is 42.2 Å². The van der Waals surface area contributed by atoms with E-state index in [1.165, 1.54) is 7.11 Å². The van der Waals surface area contributed by atoms with E-state index in [1.54, 1.807) is 4.90 Å².